The second-order valence-corrected chi connectivity index (χ2v) is 7.43. The van der Waals surface area contributed by atoms with Gasteiger partial charge in [-0.3, -0.25) is 9.59 Å². The van der Waals surface area contributed by atoms with Gasteiger partial charge in [-0.05, 0) is 45.0 Å². The number of furan rings is 1. The van der Waals surface area contributed by atoms with Gasteiger partial charge in [0, 0.05) is 10.3 Å². The lowest BCUT2D eigenvalue weighted by Gasteiger charge is -2.11. The van der Waals surface area contributed by atoms with Crippen LogP contribution in [-0.4, -0.2) is 25.0 Å². The number of aryl methyl sites for hydroxylation is 1. The number of carbonyl (C=O) groups excluding carboxylic acids is 2. The highest BCUT2D eigenvalue weighted by atomic mass is 32.1. The molecule has 0 unspecified atom stereocenters. The van der Waals surface area contributed by atoms with Crippen molar-refractivity contribution >= 4 is 34.1 Å². The predicted molar refractivity (Wildman–Crippen MR) is 105 cm³/mol. The molecule has 27 heavy (non-hydrogen) atoms. The Hall–Kier alpha value is -2.80. The molecule has 0 fully saturated rings. The molecule has 0 aliphatic rings. The normalized spacial score (nSPS) is 12.0. The first-order chi connectivity index (χ1) is 13.0. The van der Waals surface area contributed by atoms with Crippen LogP contribution in [0.5, 0.6) is 5.75 Å². The SMILES string of the molecule is CCOc1cccc2cc([C@H](C)NC(=O)CNC(=O)c3ccc(C)s3)oc12. The van der Waals surface area contributed by atoms with Crippen LogP contribution in [-0.2, 0) is 4.79 Å². The van der Waals surface area contributed by atoms with Crippen LogP contribution in [0.2, 0.25) is 0 Å². The van der Waals surface area contributed by atoms with Crippen molar-refractivity contribution in [3.8, 4) is 5.75 Å². The summed E-state index contributed by atoms with van der Waals surface area (Å²) in [5, 5.41) is 6.38. The van der Waals surface area contributed by atoms with Gasteiger partial charge in [0.05, 0.1) is 24.1 Å². The van der Waals surface area contributed by atoms with Crippen molar-refractivity contribution in [2.75, 3.05) is 13.2 Å². The summed E-state index contributed by atoms with van der Waals surface area (Å²) in [7, 11) is 0. The van der Waals surface area contributed by atoms with Gasteiger partial charge < -0.3 is 19.8 Å². The third-order valence-electron chi connectivity index (χ3n) is 4.00. The summed E-state index contributed by atoms with van der Waals surface area (Å²) in [4.78, 5) is 25.8. The smallest absolute Gasteiger partial charge is 0.261 e. The number of benzene rings is 1. The molecule has 142 valence electrons. The topological polar surface area (TPSA) is 80.6 Å². The summed E-state index contributed by atoms with van der Waals surface area (Å²) in [5.74, 6) is 0.777. The average Bonchev–Trinajstić information content (AvgIpc) is 3.27. The van der Waals surface area contributed by atoms with E-state index in [1.165, 1.54) is 11.3 Å². The van der Waals surface area contributed by atoms with Crippen LogP contribution in [0.3, 0.4) is 0 Å². The molecule has 3 rings (SSSR count). The van der Waals surface area contributed by atoms with Gasteiger partial charge >= 0.3 is 0 Å². The zero-order chi connectivity index (χ0) is 19.4. The van der Waals surface area contributed by atoms with E-state index in [0.29, 0.717) is 28.6 Å². The highest BCUT2D eigenvalue weighted by Crippen LogP contribution is 2.31. The lowest BCUT2D eigenvalue weighted by atomic mass is 10.2. The fraction of sp³-hybridized carbons (Fsp3) is 0.300. The Bertz CT molecular complexity index is 960. The number of hydrogen-bond donors (Lipinski definition) is 2. The van der Waals surface area contributed by atoms with Crippen molar-refractivity contribution in [3.05, 3.63) is 51.9 Å². The third kappa shape index (κ3) is 4.49. The molecule has 0 aliphatic heterocycles. The molecule has 1 atom stereocenters. The minimum absolute atomic E-state index is 0.0927. The minimum Gasteiger partial charge on any atom is -0.490 e. The van der Waals surface area contributed by atoms with Gasteiger partial charge in [0.1, 0.15) is 5.76 Å². The second-order valence-electron chi connectivity index (χ2n) is 6.14. The zero-order valence-corrected chi connectivity index (χ0v) is 16.3. The van der Waals surface area contributed by atoms with Gasteiger partial charge in [0.15, 0.2) is 11.3 Å². The number of carbonyl (C=O) groups is 2. The van der Waals surface area contributed by atoms with Gasteiger partial charge in [-0.1, -0.05) is 12.1 Å². The Labute approximate surface area is 161 Å². The predicted octanol–water partition coefficient (Wildman–Crippen LogP) is 3.81. The summed E-state index contributed by atoms with van der Waals surface area (Å²) in [6.45, 7) is 6.13. The van der Waals surface area contributed by atoms with Crippen LogP contribution < -0.4 is 15.4 Å². The Morgan fingerprint density at radius 1 is 1.26 bits per heavy atom. The molecule has 2 N–H and O–H groups in total. The lowest BCUT2D eigenvalue weighted by Crippen LogP contribution is -2.37. The van der Waals surface area contributed by atoms with Gasteiger partial charge in [-0.2, -0.15) is 0 Å². The highest BCUT2D eigenvalue weighted by Gasteiger charge is 2.17. The van der Waals surface area contributed by atoms with Crippen molar-refractivity contribution in [1.82, 2.24) is 10.6 Å². The second kappa shape index (κ2) is 8.26. The van der Waals surface area contributed by atoms with E-state index in [4.69, 9.17) is 9.15 Å². The molecule has 7 heteroatoms. The number of amides is 2. The zero-order valence-electron chi connectivity index (χ0n) is 15.5. The molecule has 0 aliphatic carbocycles. The molecule has 2 heterocycles. The summed E-state index contributed by atoms with van der Waals surface area (Å²) in [6.07, 6.45) is 0. The van der Waals surface area contributed by atoms with Crippen molar-refractivity contribution < 1.29 is 18.7 Å². The number of ether oxygens (including phenoxy) is 1. The summed E-state index contributed by atoms with van der Waals surface area (Å²) >= 11 is 1.40. The van der Waals surface area contributed by atoms with Crippen molar-refractivity contribution in [2.45, 2.75) is 26.8 Å². The standard InChI is InChI=1S/C20H22N2O4S/c1-4-25-15-7-5-6-14-10-16(26-19(14)15)13(3)22-18(23)11-21-20(24)17-9-8-12(2)27-17/h5-10,13H,4,11H2,1-3H3,(H,21,24)(H,22,23)/t13-/m0/s1. The van der Waals surface area contributed by atoms with Gasteiger partial charge in [0.2, 0.25) is 5.91 Å². The van der Waals surface area contributed by atoms with Crippen molar-refractivity contribution in [2.24, 2.45) is 0 Å². The molecular formula is C20H22N2O4S. The van der Waals surface area contributed by atoms with E-state index >= 15 is 0 Å². The van der Waals surface area contributed by atoms with E-state index in [-0.39, 0.29) is 24.4 Å². The summed E-state index contributed by atoms with van der Waals surface area (Å²) in [5.41, 5.74) is 0.664. The number of hydrogen-bond acceptors (Lipinski definition) is 5. The quantitative estimate of drug-likeness (QED) is 0.647. The maximum Gasteiger partial charge on any atom is 0.261 e. The van der Waals surface area contributed by atoms with Crippen LogP contribution in [0.4, 0.5) is 0 Å². The van der Waals surface area contributed by atoms with Crippen LogP contribution in [0.25, 0.3) is 11.0 Å². The number of para-hydroxylation sites is 1. The molecule has 0 saturated carbocycles. The van der Waals surface area contributed by atoms with E-state index in [2.05, 4.69) is 10.6 Å². The molecule has 2 aromatic heterocycles. The molecule has 2 amide bonds. The maximum atomic E-state index is 12.2. The summed E-state index contributed by atoms with van der Waals surface area (Å²) in [6, 6.07) is 10.9. The van der Waals surface area contributed by atoms with Crippen LogP contribution in [0, 0.1) is 6.92 Å². The Balaban J connectivity index is 1.60. The Morgan fingerprint density at radius 3 is 2.78 bits per heavy atom. The van der Waals surface area contributed by atoms with E-state index in [9.17, 15) is 9.59 Å². The fourth-order valence-electron chi connectivity index (χ4n) is 2.71. The Morgan fingerprint density at radius 2 is 2.07 bits per heavy atom. The first-order valence-electron chi connectivity index (χ1n) is 8.77. The van der Waals surface area contributed by atoms with E-state index < -0.39 is 0 Å². The molecular weight excluding hydrogens is 364 g/mol. The Kier molecular flexibility index (Phi) is 5.81. The van der Waals surface area contributed by atoms with Gasteiger partial charge in [-0.25, -0.2) is 0 Å². The van der Waals surface area contributed by atoms with E-state index in [1.54, 1.807) is 6.07 Å². The largest absolute Gasteiger partial charge is 0.490 e. The van der Waals surface area contributed by atoms with Crippen molar-refractivity contribution in [3.63, 3.8) is 0 Å². The van der Waals surface area contributed by atoms with Crippen LogP contribution >= 0.6 is 11.3 Å². The number of nitrogens with one attached hydrogen (secondary N) is 2. The first kappa shape index (κ1) is 19.0. The molecule has 0 bridgehead atoms. The van der Waals surface area contributed by atoms with Gasteiger partial charge in [0.25, 0.3) is 5.91 Å². The maximum absolute atomic E-state index is 12.2. The number of fused-ring (bicyclic) bond motifs is 1. The third-order valence-corrected chi connectivity index (χ3v) is 5.00. The first-order valence-corrected chi connectivity index (χ1v) is 9.59. The lowest BCUT2D eigenvalue weighted by molar-refractivity contribution is -0.120. The van der Waals surface area contributed by atoms with Crippen LogP contribution in [0.1, 0.15) is 40.2 Å². The average molecular weight is 386 g/mol. The fourth-order valence-corrected chi connectivity index (χ4v) is 3.49. The van der Waals surface area contributed by atoms with Crippen LogP contribution in [0.15, 0.2) is 40.8 Å². The molecule has 3 aromatic rings. The van der Waals surface area contributed by atoms with E-state index in [1.807, 2.05) is 51.1 Å². The molecule has 0 radical (unpaired) electrons. The monoisotopic (exact) mass is 386 g/mol. The van der Waals surface area contributed by atoms with E-state index in [0.717, 1.165) is 10.3 Å². The molecule has 0 saturated heterocycles. The number of rotatable bonds is 7. The van der Waals surface area contributed by atoms with Gasteiger partial charge in [-0.15, -0.1) is 11.3 Å². The number of thiophene rings is 1. The highest BCUT2D eigenvalue weighted by molar-refractivity contribution is 7.13. The van der Waals surface area contributed by atoms with Crippen molar-refractivity contribution in [1.29, 1.82) is 0 Å². The molecule has 1 aromatic carbocycles. The molecule has 0 spiro atoms. The minimum atomic E-state index is -0.333. The summed E-state index contributed by atoms with van der Waals surface area (Å²) < 4.78 is 11.5. The molecule has 6 nitrogen and oxygen atoms in total.